The van der Waals surface area contributed by atoms with Gasteiger partial charge in [-0.2, -0.15) is 0 Å². The monoisotopic (exact) mass is 314 g/mol. The molecule has 0 spiro atoms. The molecule has 2 heterocycles. The van der Waals surface area contributed by atoms with Gasteiger partial charge >= 0.3 is 0 Å². The fraction of sp³-hybridized carbons (Fsp3) is 0.500. The summed E-state index contributed by atoms with van der Waals surface area (Å²) in [5, 5.41) is 0. The van der Waals surface area contributed by atoms with Gasteiger partial charge in [0.2, 0.25) is 0 Å². The van der Waals surface area contributed by atoms with Crippen molar-refractivity contribution < 1.29 is 4.39 Å². The van der Waals surface area contributed by atoms with Crippen LogP contribution >= 0.6 is 0 Å². The predicted octanol–water partition coefficient (Wildman–Crippen LogP) is 5.52. The van der Waals surface area contributed by atoms with Gasteiger partial charge in [0, 0.05) is 28.7 Å². The lowest BCUT2D eigenvalue weighted by Gasteiger charge is -2.16. The molecule has 0 aliphatic rings. The average Bonchev–Trinajstić information content (AvgIpc) is 2.45. The van der Waals surface area contributed by atoms with E-state index >= 15 is 0 Å². The Bertz CT molecular complexity index is 631. The smallest absolute Gasteiger partial charge is 0.126 e. The predicted molar refractivity (Wildman–Crippen MR) is 93.5 cm³/mol. The van der Waals surface area contributed by atoms with Gasteiger partial charge in [0.25, 0.3) is 0 Å². The van der Waals surface area contributed by atoms with Crippen molar-refractivity contribution in [1.82, 2.24) is 9.97 Å². The quantitative estimate of drug-likeness (QED) is 0.726. The molecular weight excluding hydrogens is 287 g/mol. The molecule has 0 bridgehead atoms. The first-order valence-electron chi connectivity index (χ1n) is 8.41. The summed E-state index contributed by atoms with van der Waals surface area (Å²) in [4.78, 5) is 9.25. The van der Waals surface area contributed by atoms with Gasteiger partial charge in [0.1, 0.15) is 5.82 Å². The Hall–Kier alpha value is -1.77. The molecule has 0 radical (unpaired) electrons. The highest BCUT2D eigenvalue weighted by atomic mass is 19.1. The molecule has 0 N–H and O–H groups in total. The topological polar surface area (TPSA) is 25.8 Å². The Balaban J connectivity index is 2.31. The first-order chi connectivity index (χ1) is 10.8. The van der Waals surface area contributed by atoms with Gasteiger partial charge in [-0.1, -0.05) is 34.6 Å². The van der Waals surface area contributed by atoms with E-state index in [2.05, 4.69) is 51.7 Å². The second-order valence-corrected chi connectivity index (χ2v) is 7.09. The molecule has 2 nitrogen and oxygen atoms in total. The molecule has 2 aromatic rings. The van der Waals surface area contributed by atoms with Crippen molar-refractivity contribution in [3.8, 4) is 0 Å². The SMILES string of the molecule is Cc1cc(F)cc(C(C)Cc2cc(C(C)C)nc(C(C)C)c2)n1. The van der Waals surface area contributed by atoms with Crippen molar-refractivity contribution in [2.24, 2.45) is 0 Å². The van der Waals surface area contributed by atoms with E-state index in [1.54, 1.807) is 6.07 Å². The minimum atomic E-state index is -0.209. The summed E-state index contributed by atoms with van der Waals surface area (Å²) in [6.07, 6.45) is 0.845. The van der Waals surface area contributed by atoms with E-state index in [4.69, 9.17) is 4.98 Å². The molecular formula is C20H27FN2. The highest BCUT2D eigenvalue weighted by Gasteiger charge is 2.14. The highest BCUT2D eigenvalue weighted by molar-refractivity contribution is 5.27. The Labute approximate surface area is 139 Å². The lowest BCUT2D eigenvalue weighted by molar-refractivity contribution is 0.611. The number of aryl methyl sites for hydroxylation is 1. The molecule has 0 fully saturated rings. The molecule has 2 aromatic heterocycles. The van der Waals surface area contributed by atoms with E-state index in [1.807, 2.05) is 6.92 Å². The molecule has 2 rings (SSSR count). The molecule has 124 valence electrons. The average molecular weight is 314 g/mol. The molecule has 1 atom stereocenters. The van der Waals surface area contributed by atoms with Crippen LogP contribution in [0.4, 0.5) is 4.39 Å². The van der Waals surface area contributed by atoms with Gasteiger partial charge in [-0.3, -0.25) is 9.97 Å². The Morgan fingerprint density at radius 2 is 1.39 bits per heavy atom. The van der Waals surface area contributed by atoms with Crippen LogP contribution in [0.2, 0.25) is 0 Å². The van der Waals surface area contributed by atoms with Crippen molar-refractivity contribution in [1.29, 1.82) is 0 Å². The van der Waals surface area contributed by atoms with Crippen LogP contribution < -0.4 is 0 Å². The number of halogens is 1. The van der Waals surface area contributed by atoms with E-state index in [9.17, 15) is 4.39 Å². The van der Waals surface area contributed by atoms with Crippen LogP contribution in [0.3, 0.4) is 0 Å². The largest absolute Gasteiger partial charge is 0.258 e. The van der Waals surface area contributed by atoms with Crippen LogP contribution in [0.15, 0.2) is 24.3 Å². The first-order valence-corrected chi connectivity index (χ1v) is 8.41. The maximum Gasteiger partial charge on any atom is 0.126 e. The zero-order valence-electron chi connectivity index (χ0n) is 15.0. The van der Waals surface area contributed by atoms with E-state index in [1.165, 1.54) is 11.6 Å². The summed E-state index contributed by atoms with van der Waals surface area (Å²) in [6.45, 7) is 12.6. The molecule has 0 aromatic carbocycles. The van der Waals surface area contributed by atoms with Crippen molar-refractivity contribution in [3.05, 3.63) is 58.4 Å². The van der Waals surface area contributed by atoms with Crippen molar-refractivity contribution in [3.63, 3.8) is 0 Å². The fourth-order valence-corrected chi connectivity index (χ4v) is 2.71. The third-order valence-electron chi connectivity index (χ3n) is 4.09. The third-order valence-corrected chi connectivity index (χ3v) is 4.09. The van der Waals surface area contributed by atoms with Gasteiger partial charge < -0.3 is 0 Å². The lowest BCUT2D eigenvalue weighted by atomic mass is 9.94. The number of nitrogens with zero attached hydrogens (tertiary/aromatic N) is 2. The molecule has 0 aliphatic heterocycles. The van der Waals surface area contributed by atoms with Gasteiger partial charge in [0.15, 0.2) is 0 Å². The van der Waals surface area contributed by atoms with E-state index in [-0.39, 0.29) is 11.7 Å². The molecule has 0 saturated heterocycles. The van der Waals surface area contributed by atoms with Crippen LogP contribution in [0.25, 0.3) is 0 Å². The van der Waals surface area contributed by atoms with Crippen LogP contribution in [-0.4, -0.2) is 9.97 Å². The maximum absolute atomic E-state index is 13.6. The lowest BCUT2D eigenvalue weighted by Crippen LogP contribution is -2.06. The first kappa shape index (κ1) is 17.6. The number of hydrogen-bond acceptors (Lipinski definition) is 2. The zero-order valence-corrected chi connectivity index (χ0v) is 15.0. The molecule has 23 heavy (non-hydrogen) atoms. The van der Waals surface area contributed by atoms with Crippen LogP contribution in [0, 0.1) is 12.7 Å². The Morgan fingerprint density at radius 1 is 0.826 bits per heavy atom. The van der Waals surface area contributed by atoms with E-state index in [0.29, 0.717) is 11.8 Å². The molecule has 3 heteroatoms. The van der Waals surface area contributed by atoms with Crippen molar-refractivity contribution >= 4 is 0 Å². The van der Waals surface area contributed by atoms with Gasteiger partial charge in [0.05, 0.1) is 0 Å². The van der Waals surface area contributed by atoms with Gasteiger partial charge in [-0.15, -0.1) is 0 Å². The third kappa shape index (κ3) is 4.60. The molecule has 1 unspecified atom stereocenters. The Morgan fingerprint density at radius 3 is 1.87 bits per heavy atom. The minimum absolute atomic E-state index is 0.173. The van der Waals surface area contributed by atoms with Crippen LogP contribution in [-0.2, 0) is 6.42 Å². The van der Waals surface area contributed by atoms with Crippen molar-refractivity contribution in [2.75, 3.05) is 0 Å². The summed E-state index contributed by atoms with van der Waals surface area (Å²) >= 11 is 0. The summed E-state index contributed by atoms with van der Waals surface area (Å²) in [5.74, 6) is 0.765. The summed E-state index contributed by atoms with van der Waals surface area (Å²) in [5.41, 5.74) is 5.05. The fourth-order valence-electron chi connectivity index (χ4n) is 2.71. The van der Waals surface area contributed by atoms with E-state index in [0.717, 1.165) is 29.2 Å². The summed E-state index contributed by atoms with van der Waals surface area (Å²) < 4.78 is 13.6. The maximum atomic E-state index is 13.6. The van der Waals surface area contributed by atoms with Crippen LogP contribution in [0.1, 0.15) is 80.7 Å². The normalized spacial score (nSPS) is 12.9. The summed E-state index contributed by atoms with van der Waals surface area (Å²) in [6, 6.07) is 7.38. The number of aromatic nitrogens is 2. The Kier molecular flexibility index (Phi) is 5.51. The highest BCUT2D eigenvalue weighted by Crippen LogP contribution is 2.25. The van der Waals surface area contributed by atoms with Crippen LogP contribution in [0.5, 0.6) is 0 Å². The van der Waals surface area contributed by atoms with Gasteiger partial charge in [-0.05, 0) is 55.0 Å². The van der Waals surface area contributed by atoms with Crippen molar-refractivity contribution in [2.45, 2.75) is 65.7 Å². The van der Waals surface area contributed by atoms with Gasteiger partial charge in [-0.25, -0.2) is 4.39 Å². The molecule has 0 amide bonds. The molecule has 0 aliphatic carbocycles. The number of hydrogen-bond donors (Lipinski definition) is 0. The number of rotatable bonds is 5. The second-order valence-electron chi connectivity index (χ2n) is 7.09. The summed E-state index contributed by atoms with van der Waals surface area (Å²) in [7, 11) is 0. The van der Waals surface area contributed by atoms with E-state index < -0.39 is 0 Å². The standard InChI is InChI=1S/C20H27FN2/c1-12(2)18-9-16(10-19(23-18)13(3)4)7-14(5)20-11-17(21)8-15(6)22-20/h8-14H,7H2,1-6H3. The second kappa shape index (κ2) is 7.20. The molecule has 0 saturated carbocycles. The minimum Gasteiger partial charge on any atom is -0.258 e. The number of pyridine rings is 2. The zero-order chi connectivity index (χ0) is 17.1.